The van der Waals surface area contributed by atoms with Crippen LogP contribution in [0.2, 0.25) is 0 Å². The monoisotopic (exact) mass is 682 g/mol. The third-order valence-corrected chi connectivity index (χ3v) is 8.13. The summed E-state index contributed by atoms with van der Waals surface area (Å²) >= 11 is 0. The number of fused-ring (bicyclic) bond motifs is 2. The van der Waals surface area contributed by atoms with E-state index in [2.05, 4.69) is 32.3 Å². The smallest absolute Gasteiger partial charge is 0.337 e. The molecule has 0 radical (unpaired) electrons. The minimum atomic E-state index is -0.934. The Morgan fingerprint density at radius 3 is 1.41 bits per heavy atom. The van der Waals surface area contributed by atoms with Gasteiger partial charge in [-0.05, 0) is 83.9 Å². The van der Waals surface area contributed by atoms with Gasteiger partial charge < -0.3 is 9.84 Å². The van der Waals surface area contributed by atoms with Crippen LogP contribution in [-0.2, 0) is 18.8 Å². The number of aromatic carboxylic acids is 1. The van der Waals surface area contributed by atoms with Gasteiger partial charge in [0.05, 0.1) is 52.7 Å². The third kappa shape index (κ3) is 7.15. The maximum absolute atomic E-state index is 11.6. The molecule has 0 unspecified atom stereocenters. The largest absolute Gasteiger partial charge is 0.478 e. The molecule has 51 heavy (non-hydrogen) atoms. The molecule has 0 aliphatic heterocycles. The van der Waals surface area contributed by atoms with Gasteiger partial charge in [-0.1, -0.05) is 27.0 Å². The number of hydrogen-bond donors (Lipinski definition) is 1. The summed E-state index contributed by atoms with van der Waals surface area (Å²) in [7, 11) is 5.16. The number of imidazole rings is 2. The van der Waals surface area contributed by atoms with Gasteiger partial charge in [0.1, 0.15) is 12.7 Å². The highest BCUT2D eigenvalue weighted by molar-refractivity contribution is 5.90. The lowest BCUT2D eigenvalue weighted by molar-refractivity contribution is 0.0599. The summed E-state index contributed by atoms with van der Waals surface area (Å²) in [6.07, 6.45) is 11.1. The Balaban J connectivity index is 0.000000190. The van der Waals surface area contributed by atoms with Crippen molar-refractivity contribution in [2.24, 2.45) is 14.1 Å². The lowest BCUT2D eigenvalue weighted by Crippen LogP contribution is -2.01. The van der Waals surface area contributed by atoms with Crippen LogP contribution in [0.4, 0.5) is 0 Å². The van der Waals surface area contributed by atoms with E-state index in [4.69, 9.17) is 9.84 Å². The summed E-state index contributed by atoms with van der Waals surface area (Å²) in [5.74, 6) is -1.28. The van der Waals surface area contributed by atoms with Gasteiger partial charge >= 0.3 is 11.9 Å². The number of aryl methyl sites for hydroxylation is 2. The molecule has 0 fully saturated rings. The minimum absolute atomic E-state index is 0. The number of hydrogen-bond acceptors (Lipinski definition) is 7. The Morgan fingerprint density at radius 1 is 0.608 bits per heavy atom. The van der Waals surface area contributed by atoms with E-state index < -0.39 is 5.97 Å². The van der Waals surface area contributed by atoms with Crippen LogP contribution in [0.25, 0.3) is 55.7 Å². The topological polar surface area (TPSA) is 135 Å². The number of benzene rings is 4. The number of esters is 1. The molecule has 0 aliphatic rings. The Morgan fingerprint density at radius 2 is 1.04 bits per heavy atom. The van der Waals surface area contributed by atoms with Crippen LogP contribution in [0.3, 0.4) is 0 Å². The second-order valence-electron chi connectivity index (χ2n) is 11.3. The number of rotatable bonds is 6. The van der Waals surface area contributed by atoms with Gasteiger partial charge in [-0.15, -0.1) is 0 Å². The molecule has 0 bridgehead atoms. The van der Waals surface area contributed by atoms with E-state index in [1.54, 1.807) is 58.4 Å². The summed E-state index contributed by atoms with van der Waals surface area (Å²) < 4.78 is 12.2. The van der Waals surface area contributed by atoms with Crippen LogP contribution in [0.1, 0.15) is 35.6 Å². The SMILES string of the molecule is C.C.COC(=O)c1ccc(-n2cnc3ccc(-c4cnn(C)c4)cc32)cc1.Cn1cc(-c2ccc3ncn(-c4ccc(C(=O)O)cc4)c3c2)cn1. The lowest BCUT2D eigenvalue weighted by Gasteiger charge is -2.06. The second-order valence-corrected chi connectivity index (χ2v) is 11.3. The molecular formula is C39H38N8O4. The molecule has 12 heteroatoms. The van der Waals surface area contributed by atoms with Crippen molar-refractivity contribution in [3.8, 4) is 33.6 Å². The summed E-state index contributed by atoms with van der Waals surface area (Å²) in [6, 6.07) is 26.2. The Bertz CT molecular complexity index is 2450. The number of nitrogens with zero attached hydrogens (tertiary/aromatic N) is 8. The van der Waals surface area contributed by atoms with E-state index in [1.807, 2.05) is 84.4 Å². The maximum atomic E-state index is 11.6. The molecule has 12 nitrogen and oxygen atoms in total. The predicted molar refractivity (Wildman–Crippen MR) is 198 cm³/mol. The average Bonchev–Trinajstić information content (AvgIpc) is 3.94. The fourth-order valence-corrected chi connectivity index (χ4v) is 5.57. The molecule has 0 atom stereocenters. The molecule has 4 aromatic carbocycles. The average molecular weight is 683 g/mol. The van der Waals surface area contributed by atoms with Gasteiger partial charge in [0.15, 0.2) is 0 Å². The van der Waals surface area contributed by atoms with Crippen LogP contribution < -0.4 is 0 Å². The van der Waals surface area contributed by atoms with Crippen LogP contribution in [0.5, 0.6) is 0 Å². The summed E-state index contributed by atoms with van der Waals surface area (Å²) in [5.41, 5.74) is 10.5. The van der Waals surface area contributed by atoms with Gasteiger partial charge in [-0.2, -0.15) is 10.2 Å². The van der Waals surface area contributed by atoms with Crippen molar-refractivity contribution in [1.29, 1.82) is 0 Å². The molecular weight excluding hydrogens is 644 g/mol. The van der Waals surface area contributed by atoms with Gasteiger partial charge in [0, 0.05) is 49.0 Å². The van der Waals surface area contributed by atoms with Gasteiger partial charge in [0.2, 0.25) is 0 Å². The number of methoxy groups -OCH3 is 1. The molecule has 4 aromatic heterocycles. The molecule has 0 spiro atoms. The molecule has 8 aromatic rings. The van der Waals surface area contributed by atoms with Crippen molar-refractivity contribution < 1.29 is 19.4 Å². The number of aromatic nitrogens is 8. The first-order chi connectivity index (χ1) is 23.8. The van der Waals surface area contributed by atoms with Crippen molar-refractivity contribution in [1.82, 2.24) is 38.7 Å². The van der Waals surface area contributed by atoms with Crippen LogP contribution >= 0.6 is 0 Å². The van der Waals surface area contributed by atoms with Gasteiger partial charge in [-0.3, -0.25) is 18.5 Å². The minimum Gasteiger partial charge on any atom is -0.478 e. The van der Waals surface area contributed by atoms with E-state index in [0.29, 0.717) is 5.56 Å². The zero-order valence-electron chi connectivity index (χ0n) is 26.8. The normalized spacial score (nSPS) is 10.6. The Hall–Kier alpha value is -6.82. The maximum Gasteiger partial charge on any atom is 0.337 e. The Kier molecular flexibility index (Phi) is 10.3. The molecule has 0 amide bonds. The molecule has 0 aliphatic carbocycles. The quantitative estimate of drug-likeness (QED) is 0.177. The molecule has 4 heterocycles. The summed E-state index contributed by atoms with van der Waals surface area (Å²) in [5, 5.41) is 17.4. The molecule has 0 saturated carbocycles. The zero-order valence-corrected chi connectivity index (χ0v) is 26.8. The number of carbonyl (C=O) groups excluding carboxylic acids is 1. The van der Waals surface area contributed by atoms with E-state index in [9.17, 15) is 9.59 Å². The highest BCUT2D eigenvalue weighted by Gasteiger charge is 2.11. The van der Waals surface area contributed by atoms with E-state index in [-0.39, 0.29) is 26.4 Å². The van der Waals surface area contributed by atoms with Crippen LogP contribution in [-0.4, -0.2) is 62.8 Å². The first kappa shape index (κ1) is 35.5. The second kappa shape index (κ2) is 14.7. The summed E-state index contributed by atoms with van der Waals surface area (Å²) in [6.45, 7) is 0. The van der Waals surface area contributed by atoms with Gasteiger partial charge in [-0.25, -0.2) is 19.6 Å². The van der Waals surface area contributed by atoms with Crippen molar-refractivity contribution in [2.45, 2.75) is 14.9 Å². The number of ether oxygens (including phenoxy) is 1. The van der Waals surface area contributed by atoms with Crippen LogP contribution in [0.15, 0.2) is 122 Å². The fraction of sp³-hybridized carbons (Fsp3) is 0.128. The summed E-state index contributed by atoms with van der Waals surface area (Å²) in [4.78, 5) is 31.4. The molecule has 1 N–H and O–H groups in total. The molecule has 8 rings (SSSR count). The van der Waals surface area contributed by atoms with E-state index >= 15 is 0 Å². The zero-order chi connectivity index (χ0) is 34.1. The number of carboxylic acid groups (broad SMARTS) is 1. The number of carboxylic acids is 1. The van der Waals surface area contributed by atoms with Crippen molar-refractivity contribution in [3.05, 3.63) is 133 Å². The first-order valence-electron chi connectivity index (χ1n) is 15.2. The van der Waals surface area contributed by atoms with E-state index in [1.165, 1.54) is 7.11 Å². The highest BCUT2D eigenvalue weighted by atomic mass is 16.5. The van der Waals surface area contributed by atoms with Gasteiger partial charge in [0.25, 0.3) is 0 Å². The van der Waals surface area contributed by atoms with Crippen LogP contribution in [0, 0.1) is 0 Å². The van der Waals surface area contributed by atoms with Crippen molar-refractivity contribution in [2.75, 3.05) is 7.11 Å². The molecule has 0 saturated heterocycles. The van der Waals surface area contributed by atoms with Crippen molar-refractivity contribution in [3.63, 3.8) is 0 Å². The predicted octanol–water partition coefficient (Wildman–Crippen LogP) is 7.61. The van der Waals surface area contributed by atoms with E-state index in [0.717, 1.165) is 55.7 Å². The third-order valence-electron chi connectivity index (χ3n) is 8.13. The highest BCUT2D eigenvalue weighted by Crippen LogP contribution is 2.27. The Labute approximate surface area is 294 Å². The van der Waals surface area contributed by atoms with Crippen molar-refractivity contribution >= 4 is 34.0 Å². The lowest BCUT2D eigenvalue weighted by atomic mass is 10.1. The standard InChI is InChI=1S/C19H16N4O2.C18H14N4O2.2CH4/c1-22-11-15(10-21-22)14-5-8-17-18(9-14)23(12-20-17)16-6-3-13(4-7-16)19(24)25-2;1-21-10-14(9-20-21)13-4-7-16-17(8-13)22(11-19-16)15-5-2-12(3-6-15)18(23)24;;/h3-12H,1-2H3;2-11H,1H3,(H,23,24);2*1H4. The first-order valence-corrected chi connectivity index (χ1v) is 15.2. The number of carbonyl (C=O) groups is 2. The molecule has 258 valence electrons. The fourth-order valence-electron chi connectivity index (χ4n) is 5.57.